The van der Waals surface area contributed by atoms with Crippen molar-refractivity contribution in [2.75, 3.05) is 19.0 Å². The van der Waals surface area contributed by atoms with Gasteiger partial charge in [0.05, 0.1) is 15.8 Å². The second-order valence-electron chi connectivity index (χ2n) is 6.79. The predicted octanol–water partition coefficient (Wildman–Crippen LogP) is 3.08. The van der Waals surface area contributed by atoms with Crippen LogP contribution < -0.4 is 15.0 Å². The molecule has 0 atom stereocenters. The Morgan fingerprint density at radius 3 is 2.41 bits per heavy atom. The van der Waals surface area contributed by atoms with E-state index in [0.29, 0.717) is 20.5 Å². The lowest BCUT2D eigenvalue weighted by Crippen LogP contribution is -2.25. The number of thiazole rings is 1. The second kappa shape index (κ2) is 7.38. The molecule has 0 saturated heterocycles. The molecule has 0 aliphatic heterocycles. The molecule has 0 aliphatic rings. The van der Waals surface area contributed by atoms with Crippen molar-refractivity contribution in [3.8, 4) is 6.07 Å². The standard InChI is InChI=1S/C23H17N3O2S/c1-25(2)18-10-8-15(9-11-18)12-20-22(28)26-19(13-17(14-24)23(26)29-20)21(27)16-6-4-3-5-7-16/h3-13H,1-2H3/b20-12+. The third-order valence-electron chi connectivity index (χ3n) is 4.67. The molecule has 0 aliphatic carbocycles. The summed E-state index contributed by atoms with van der Waals surface area (Å²) in [5, 5.41) is 9.49. The van der Waals surface area contributed by atoms with Gasteiger partial charge in [-0.1, -0.05) is 42.5 Å². The van der Waals surface area contributed by atoms with Crippen molar-refractivity contribution in [3.05, 3.63) is 97.9 Å². The van der Waals surface area contributed by atoms with Gasteiger partial charge in [-0.2, -0.15) is 5.26 Å². The number of carbonyl (C=O) groups excluding carboxylic acids is 1. The molecule has 2 heterocycles. The molecule has 4 aromatic rings. The number of hydrogen-bond acceptors (Lipinski definition) is 5. The van der Waals surface area contributed by atoms with E-state index < -0.39 is 0 Å². The van der Waals surface area contributed by atoms with Gasteiger partial charge in [0.1, 0.15) is 10.9 Å². The van der Waals surface area contributed by atoms with Gasteiger partial charge in [0.2, 0.25) is 5.78 Å². The molecule has 0 N–H and O–H groups in total. The minimum absolute atomic E-state index is 0.214. The summed E-state index contributed by atoms with van der Waals surface area (Å²) in [5.74, 6) is -0.279. The fraction of sp³-hybridized carbons (Fsp3) is 0.0870. The van der Waals surface area contributed by atoms with Crippen LogP contribution in [0.4, 0.5) is 5.69 Å². The van der Waals surface area contributed by atoms with Crippen molar-refractivity contribution >= 4 is 33.7 Å². The lowest BCUT2D eigenvalue weighted by Gasteiger charge is -2.11. The van der Waals surface area contributed by atoms with Gasteiger partial charge in [0, 0.05) is 25.3 Å². The largest absolute Gasteiger partial charge is 0.378 e. The van der Waals surface area contributed by atoms with Gasteiger partial charge in [-0.25, -0.2) is 0 Å². The fourth-order valence-corrected chi connectivity index (χ4v) is 4.22. The van der Waals surface area contributed by atoms with Crippen LogP contribution in [0.2, 0.25) is 0 Å². The van der Waals surface area contributed by atoms with E-state index in [9.17, 15) is 14.9 Å². The van der Waals surface area contributed by atoms with Gasteiger partial charge in [0.25, 0.3) is 5.56 Å². The Balaban J connectivity index is 1.88. The molecule has 4 rings (SSSR count). The van der Waals surface area contributed by atoms with Gasteiger partial charge in [-0.05, 0) is 29.8 Å². The maximum Gasteiger partial charge on any atom is 0.273 e. The van der Waals surface area contributed by atoms with Crippen molar-refractivity contribution in [1.29, 1.82) is 5.26 Å². The number of hydrogen-bond donors (Lipinski definition) is 0. The molecule has 0 fully saturated rings. The third-order valence-corrected chi connectivity index (χ3v) is 5.78. The highest BCUT2D eigenvalue weighted by molar-refractivity contribution is 7.15. The number of rotatable bonds is 4. The Morgan fingerprint density at radius 2 is 1.79 bits per heavy atom. The average molecular weight is 399 g/mol. The van der Waals surface area contributed by atoms with E-state index in [1.807, 2.05) is 49.3 Å². The van der Waals surface area contributed by atoms with Crippen LogP contribution in [0.1, 0.15) is 27.2 Å². The van der Waals surface area contributed by atoms with Crippen molar-refractivity contribution in [2.45, 2.75) is 0 Å². The van der Waals surface area contributed by atoms with E-state index in [0.717, 1.165) is 11.3 Å². The summed E-state index contributed by atoms with van der Waals surface area (Å²) in [4.78, 5) is 28.5. The van der Waals surface area contributed by atoms with Crippen LogP contribution in [0.3, 0.4) is 0 Å². The van der Waals surface area contributed by atoms with Gasteiger partial charge in [0.15, 0.2) is 0 Å². The minimum atomic E-state index is -0.289. The summed E-state index contributed by atoms with van der Waals surface area (Å²) in [6, 6.07) is 20.2. The topological polar surface area (TPSA) is 65.6 Å². The molecule has 0 unspecified atom stereocenters. The number of ketones is 1. The highest BCUT2D eigenvalue weighted by atomic mass is 32.1. The fourth-order valence-electron chi connectivity index (χ4n) is 3.15. The number of fused-ring (bicyclic) bond motifs is 1. The van der Waals surface area contributed by atoms with E-state index in [1.165, 1.54) is 21.8 Å². The van der Waals surface area contributed by atoms with Crippen LogP contribution in [-0.2, 0) is 0 Å². The number of aromatic nitrogens is 1. The summed E-state index contributed by atoms with van der Waals surface area (Å²) in [6.45, 7) is 0. The molecule has 5 nitrogen and oxygen atoms in total. The zero-order valence-electron chi connectivity index (χ0n) is 15.9. The number of anilines is 1. The quantitative estimate of drug-likeness (QED) is 0.495. The average Bonchev–Trinajstić information content (AvgIpc) is 3.26. The molecule has 142 valence electrons. The lowest BCUT2D eigenvalue weighted by atomic mass is 10.1. The number of nitrogens with zero attached hydrogens (tertiary/aromatic N) is 3. The summed E-state index contributed by atoms with van der Waals surface area (Å²) in [7, 11) is 3.93. The molecule has 0 spiro atoms. The van der Waals surface area contributed by atoms with Crippen molar-refractivity contribution in [3.63, 3.8) is 0 Å². The minimum Gasteiger partial charge on any atom is -0.378 e. The molecule has 2 aromatic carbocycles. The van der Waals surface area contributed by atoms with Gasteiger partial charge >= 0.3 is 0 Å². The second-order valence-corrected chi connectivity index (χ2v) is 7.82. The highest BCUT2D eigenvalue weighted by Gasteiger charge is 2.20. The highest BCUT2D eigenvalue weighted by Crippen LogP contribution is 2.20. The summed E-state index contributed by atoms with van der Waals surface area (Å²) in [5.41, 5.74) is 2.67. The summed E-state index contributed by atoms with van der Waals surface area (Å²) >= 11 is 1.22. The molecule has 0 saturated carbocycles. The van der Waals surface area contributed by atoms with Crippen molar-refractivity contribution in [1.82, 2.24) is 4.40 Å². The number of benzene rings is 2. The number of nitriles is 1. The molecule has 0 bridgehead atoms. The monoisotopic (exact) mass is 399 g/mol. The van der Waals surface area contributed by atoms with Crippen molar-refractivity contribution < 1.29 is 4.79 Å². The molecule has 6 heteroatoms. The maximum atomic E-state index is 13.1. The first-order chi connectivity index (χ1) is 14.0. The first kappa shape index (κ1) is 18.7. The zero-order valence-corrected chi connectivity index (χ0v) is 16.7. The Kier molecular flexibility index (Phi) is 4.75. The van der Waals surface area contributed by atoms with Crippen LogP contribution in [0.25, 0.3) is 10.9 Å². The van der Waals surface area contributed by atoms with Gasteiger partial charge in [-0.3, -0.25) is 14.0 Å². The van der Waals surface area contributed by atoms with E-state index in [2.05, 4.69) is 6.07 Å². The maximum absolute atomic E-state index is 13.1. The molecule has 0 radical (unpaired) electrons. The first-order valence-electron chi connectivity index (χ1n) is 8.97. The Morgan fingerprint density at radius 1 is 1.10 bits per heavy atom. The first-order valence-corrected chi connectivity index (χ1v) is 9.78. The Bertz CT molecular complexity index is 1360. The zero-order chi connectivity index (χ0) is 20.5. The summed E-state index contributed by atoms with van der Waals surface area (Å²) in [6.07, 6.45) is 1.79. The van der Waals surface area contributed by atoms with E-state index in [4.69, 9.17) is 0 Å². The summed E-state index contributed by atoms with van der Waals surface area (Å²) < 4.78 is 1.84. The van der Waals surface area contributed by atoms with Gasteiger partial charge < -0.3 is 4.90 Å². The molecular weight excluding hydrogens is 382 g/mol. The Hall–Kier alpha value is -3.69. The molecule has 0 amide bonds. The smallest absolute Gasteiger partial charge is 0.273 e. The van der Waals surface area contributed by atoms with Crippen LogP contribution in [0.5, 0.6) is 0 Å². The van der Waals surface area contributed by atoms with E-state index in [-0.39, 0.29) is 17.0 Å². The normalized spacial score (nSPS) is 11.6. The van der Waals surface area contributed by atoms with Crippen LogP contribution in [0, 0.1) is 11.3 Å². The Labute approximate surface area is 171 Å². The van der Waals surface area contributed by atoms with Gasteiger partial charge in [-0.15, -0.1) is 11.3 Å². The van der Waals surface area contributed by atoms with E-state index in [1.54, 1.807) is 30.3 Å². The van der Waals surface area contributed by atoms with E-state index >= 15 is 0 Å². The van der Waals surface area contributed by atoms with Crippen LogP contribution in [0.15, 0.2) is 65.5 Å². The van der Waals surface area contributed by atoms with Crippen LogP contribution >= 0.6 is 11.3 Å². The molecular formula is C23H17N3O2S. The number of carbonyl (C=O) groups is 1. The SMILES string of the molecule is CN(C)c1ccc(/C=c2/sc3c(C#N)cc(C(=O)c4ccccc4)n3c2=O)cc1. The third kappa shape index (κ3) is 3.33. The van der Waals surface area contributed by atoms with Crippen molar-refractivity contribution in [2.24, 2.45) is 0 Å². The predicted molar refractivity (Wildman–Crippen MR) is 116 cm³/mol. The van der Waals surface area contributed by atoms with Crippen LogP contribution in [-0.4, -0.2) is 24.3 Å². The molecule has 2 aromatic heterocycles. The lowest BCUT2D eigenvalue weighted by molar-refractivity contribution is 0.103. The molecule has 29 heavy (non-hydrogen) atoms.